The van der Waals surface area contributed by atoms with Crippen molar-refractivity contribution in [3.8, 4) is 5.75 Å². The van der Waals surface area contributed by atoms with Crippen LogP contribution in [0.5, 0.6) is 5.75 Å². The average Bonchev–Trinajstić information content (AvgIpc) is 2.91. The Hall–Kier alpha value is -2.16. The third-order valence-corrected chi connectivity index (χ3v) is 5.83. The molecule has 0 spiro atoms. The van der Waals surface area contributed by atoms with Crippen LogP contribution in [0.25, 0.3) is 6.08 Å². The lowest BCUT2D eigenvalue weighted by atomic mass is 10.2. The summed E-state index contributed by atoms with van der Waals surface area (Å²) in [5.41, 5.74) is 1.54. The number of nitrogens with zero attached hydrogens (tertiary/aromatic N) is 1. The van der Waals surface area contributed by atoms with Crippen LogP contribution in [0, 0.1) is 0 Å². The van der Waals surface area contributed by atoms with E-state index in [0.717, 1.165) is 10.0 Å². The number of hydrogen-bond acceptors (Lipinski definition) is 5. The first-order chi connectivity index (χ1) is 13.4. The van der Waals surface area contributed by atoms with E-state index in [1.807, 2.05) is 30.3 Å². The number of aromatic hydroxyl groups is 1. The number of thiocarbonyl (C=S) groups is 1. The fourth-order valence-corrected chi connectivity index (χ4v) is 4.33. The highest BCUT2D eigenvalue weighted by atomic mass is 79.9. The average molecular weight is 477 g/mol. The lowest BCUT2D eigenvalue weighted by molar-refractivity contribution is -0.122. The standard InChI is InChI=1S/C20H17BrN2O3S2/c21-14-4-1-3-13(11-14)12-17-19(26)23(20(27)28-17)10-2-5-18(25)22-15-6-8-16(24)9-7-15/h1,3-4,6-9,11-12,24H,2,5,10H2,(H,22,25)/b17-12-. The first kappa shape index (κ1) is 20.6. The number of hydrogen-bond donors (Lipinski definition) is 2. The maximum atomic E-state index is 12.6. The van der Waals surface area contributed by atoms with Crippen LogP contribution in [0.15, 0.2) is 57.9 Å². The van der Waals surface area contributed by atoms with Gasteiger partial charge in [-0.3, -0.25) is 14.5 Å². The molecule has 1 heterocycles. The molecular formula is C20H17BrN2O3S2. The molecular weight excluding hydrogens is 460 g/mol. The summed E-state index contributed by atoms with van der Waals surface area (Å²) < 4.78 is 1.45. The van der Waals surface area contributed by atoms with Crippen molar-refractivity contribution in [3.63, 3.8) is 0 Å². The molecule has 0 saturated carbocycles. The number of carbonyl (C=O) groups is 2. The van der Waals surface area contributed by atoms with Crippen LogP contribution in [-0.2, 0) is 9.59 Å². The molecule has 3 rings (SSSR count). The number of phenols is 1. The summed E-state index contributed by atoms with van der Waals surface area (Å²) >= 11 is 10.0. The molecule has 0 radical (unpaired) electrons. The van der Waals surface area contributed by atoms with E-state index in [1.54, 1.807) is 12.1 Å². The summed E-state index contributed by atoms with van der Waals surface area (Å²) in [6.45, 7) is 0.392. The lowest BCUT2D eigenvalue weighted by Crippen LogP contribution is -2.29. The maximum Gasteiger partial charge on any atom is 0.266 e. The van der Waals surface area contributed by atoms with Gasteiger partial charge in [0.25, 0.3) is 5.91 Å². The van der Waals surface area contributed by atoms with Crippen molar-refractivity contribution in [2.24, 2.45) is 0 Å². The molecule has 0 unspecified atom stereocenters. The number of rotatable bonds is 6. The molecule has 1 aliphatic heterocycles. The Bertz CT molecular complexity index is 945. The fraction of sp³-hybridized carbons (Fsp3) is 0.150. The molecule has 0 atom stereocenters. The van der Waals surface area contributed by atoms with E-state index >= 15 is 0 Å². The molecule has 1 fully saturated rings. The van der Waals surface area contributed by atoms with Gasteiger partial charge in [-0.15, -0.1) is 0 Å². The Kier molecular flexibility index (Phi) is 6.88. The lowest BCUT2D eigenvalue weighted by Gasteiger charge is -2.14. The van der Waals surface area contributed by atoms with Gasteiger partial charge in [0.15, 0.2) is 0 Å². The van der Waals surface area contributed by atoms with Crippen LogP contribution < -0.4 is 5.32 Å². The second kappa shape index (κ2) is 9.36. The van der Waals surface area contributed by atoms with Gasteiger partial charge >= 0.3 is 0 Å². The van der Waals surface area contributed by atoms with Crippen molar-refractivity contribution in [3.05, 3.63) is 63.5 Å². The zero-order valence-electron chi connectivity index (χ0n) is 14.7. The quantitative estimate of drug-likeness (QED) is 0.356. The molecule has 2 N–H and O–H groups in total. The highest BCUT2D eigenvalue weighted by Crippen LogP contribution is 2.33. The monoisotopic (exact) mass is 476 g/mol. The van der Waals surface area contributed by atoms with Gasteiger partial charge in [-0.25, -0.2) is 0 Å². The van der Waals surface area contributed by atoms with Crippen molar-refractivity contribution in [1.82, 2.24) is 4.90 Å². The molecule has 1 saturated heterocycles. The van der Waals surface area contributed by atoms with E-state index in [9.17, 15) is 14.7 Å². The Morgan fingerprint density at radius 2 is 2.00 bits per heavy atom. The van der Waals surface area contributed by atoms with Gasteiger partial charge in [0.1, 0.15) is 10.1 Å². The van der Waals surface area contributed by atoms with Crippen LogP contribution in [0.1, 0.15) is 18.4 Å². The third kappa shape index (κ3) is 5.43. The van der Waals surface area contributed by atoms with Gasteiger partial charge in [-0.05, 0) is 54.5 Å². The van der Waals surface area contributed by atoms with Crippen molar-refractivity contribution >= 4 is 67.8 Å². The first-order valence-corrected chi connectivity index (χ1v) is 10.5. The number of carbonyl (C=O) groups excluding carboxylic acids is 2. The highest BCUT2D eigenvalue weighted by Gasteiger charge is 2.31. The third-order valence-electron chi connectivity index (χ3n) is 3.96. The molecule has 8 heteroatoms. The van der Waals surface area contributed by atoms with Gasteiger partial charge in [0.2, 0.25) is 5.91 Å². The summed E-state index contributed by atoms with van der Waals surface area (Å²) in [5.74, 6) is -0.141. The first-order valence-electron chi connectivity index (χ1n) is 8.52. The second-order valence-corrected chi connectivity index (χ2v) is 8.68. The number of anilines is 1. The molecule has 5 nitrogen and oxygen atoms in total. The number of amides is 2. The van der Waals surface area contributed by atoms with Gasteiger partial charge in [-0.1, -0.05) is 52.0 Å². The Morgan fingerprint density at radius 1 is 1.25 bits per heavy atom. The predicted octanol–water partition coefficient (Wildman–Crippen LogP) is 4.77. The van der Waals surface area contributed by atoms with Crippen LogP contribution in [0.3, 0.4) is 0 Å². The molecule has 2 aromatic rings. The maximum absolute atomic E-state index is 12.6. The van der Waals surface area contributed by atoms with Crippen LogP contribution in [0.4, 0.5) is 5.69 Å². The molecule has 0 aliphatic carbocycles. The van der Waals surface area contributed by atoms with Crippen LogP contribution in [-0.4, -0.2) is 32.7 Å². The normalized spacial score (nSPS) is 15.3. The number of benzene rings is 2. The van der Waals surface area contributed by atoms with E-state index in [-0.39, 0.29) is 24.0 Å². The Labute approximate surface area is 180 Å². The minimum absolute atomic E-state index is 0.131. The smallest absolute Gasteiger partial charge is 0.266 e. The van der Waals surface area contributed by atoms with E-state index in [1.165, 1.54) is 28.8 Å². The molecule has 0 bridgehead atoms. The summed E-state index contributed by atoms with van der Waals surface area (Å²) in [5, 5.41) is 12.0. The zero-order chi connectivity index (χ0) is 20.1. The highest BCUT2D eigenvalue weighted by molar-refractivity contribution is 9.10. The van der Waals surface area contributed by atoms with E-state index in [0.29, 0.717) is 27.9 Å². The molecule has 0 aromatic heterocycles. The summed E-state index contributed by atoms with van der Waals surface area (Å²) in [7, 11) is 0. The van der Waals surface area contributed by atoms with Crippen molar-refractivity contribution in [2.45, 2.75) is 12.8 Å². The van der Waals surface area contributed by atoms with Crippen molar-refractivity contribution in [2.75, 3.05) is 11.9 Å². The number of halogens is 1. The van der Waals surface area contributed by atoms with E-state index in [2.05, 4.69) is 21.2 Å². The largest absolute Gasteiger partial charge is 0.508 e. The van der Waals surface area contributed by atoms with E-state index < -0.39 is 0 Å². The van der Waals surface area contributed by atoms with Crippen molar-refractivity contribution in [1.29, 1.82) is 0 Å². The minimum atomic E-state index is -0.152. The van der Waals surface area contributed by atoms with Crippen LogP contribution in [0.2, 0.25) is 0 Å². The van der Waals surface area contributed by atoms with Gasteiger partial charge in [0.05, 0.1) is 4.91 Å². The van der Waals surface area contributed by atoms with Gasteiger partial charge < -0.3 is 10.4 Å². The number of nitrogens with one attached hydrogen (secondary N) is 1. The zero-order valence-corrected chi connectivity index (χ0v) is 17.9. The molecule has 2 aromatic carbocycles. The fourth-order valence-electron chi connectivity index (χ4n) is 2.61. The molecule has 2 amide bonds. The topological polar surface area (TPSA) is 69.6 Å². The van der Waals surface area contributed by atoms with Gasteiger partial charge in [-0.2, -0.15) is 0 Å². The number of thioether (sulfide) groups is 1. The molecule has 28 heavy (non-hydrogen) atoms. The number of phenolic OH excluding ortho intramolecular Hbond substituents is 1. The molecule has 1 aliphatic rings. The Balaban J connectivity index is 1.53. The minimum Gasteiger partial charge on any atom is -0.508 e. The second-order valence-electron chi connectivity index (χ2n) is 6.09. The molecule has 144 valence electrons. The van der Waals surface area contributed by atoms with E-state index in [4.69, 9.17) is 12.2 Å². The summed E-state index contributed by atoms with van der Waals surface area (Å²) in [4.78, 5) is 26.8. The van der Waals surface area contributed by atoms with Crippen LogP contribution >= 0.6 is 39.9 Å². The SMILES string of the molecule is O=C(CCCN1C(=O)/C(=C/c2cccc(Br)c2)SC1=S)Nc1ccc(O)cc1. The van der Waals surface area contributed by atoms with Crippen molar-refractivity contribution < 1.29 is 14.7 Å². The summed E-state index contributed by atoms with van der Waals surface area (Å²) in [6, 6.07) is 13.9. The predicted molar refractivity (Wildman–Crippen MR) is 120 cm³/mol. The van der Waals surface area contributed by atoms with Gasteiger partial charge in [0, 0.05) is 23.1 Å². The summed E-state index contributed by atoms with van der Waals surface area (Å²) in [6.07, 6.45) is 2.59. The Morgan fingerprint density at radius 3 is 2.71 bits per heavy atom.